The van der Waals surface area contributed by atoms with Crippen LogP contribution in [0.4, 0.5) is 4.39 Å². The molecule has 0 heterocycles. The lowest BCUT2D eigenvalue weighted by Gasteiger charge is -2.08. The molecule has 0 radical (unpaired) electrons. The molecular formula is C11H13FO. The summed E-state index contributed by atoms with van der Waals surface area (Å²) in [4.78, 5) is 0. The molecule has 13 heavy (non-hydrogen) atoms. The minimum Gasteiger partial charge on any atom is -0.490 e. The van der Waals surface area contributed by atoms with E-state index in [1.807, 2.05) is 6.92 Å². The van der Waals surface area contributed by atoms with Crippen molar-refractivity contribution < 1.29 is 9.13 Å². The summed E-state index contributed by atoms with van der Waals surface area (Å²) in [5, 5.41) is 0. The highest BCUT2D eigenvalue weighted by atomic mass is 19.1. The molecule has 0 spiro atoms. The van der Waals surface area contributed by atoms with Gasteiger partial charge in [-0.2, -0.15) is 0 Å². The van der Waals surface area contributed by atoms with Gasteiger partial charge in [-0.15, -0.1) is 0 Å². The first kappa shape index (κ1) is 8.54. The molecule has 0 saturated heterocycles. The smallest absolute Gasteiger partial charge is 0.123 e. The van der Waals surface area contributed by atoms with E-state index in [2.05, 4.69) is 0 Å². The number of halogens is 1. The van der Waals surface area contributed by atoms with E-state index in [9.17, 15) is 4.39 Å². The molecule has 1 aliphatic carbocycles. The van der Waals surface area contributed by atoms with Crippen molar-refractivity contribution in [3.63, 3.8) is 0 Å². The van der Waals surface area contributed by atoms with Crippen molar-refractivity contribution in [2.24, 2.45) is 0 Å². The zero-order valence-corrected chi connectivity index (χ0v) is 7.72. The van der Waals surface area contributed by atoms with Gasteiger partial charge >= 0.3 is 0 Å². The largest absolute Gasteiger partial charge is 0.490 e. The Morgan fingerprint density at radius 3 is 2.85 bits per heavy atom. The van der Waals surface area contributed by atoms with Gasteiger partial charge in [0.2, 0.25) is 0 Å². The minimum atomic E-state index is -0.181. The van der Waals surface area contributed by atoms with Gasteiger partial charge in [-0.1, -0.05) is 6.92 Å². The van der Waals surface area contributed by atoms with Gasteiger partial charge in [0.15, 0.2) is 0 Å². The molecular weight excluding hydrogens is 167 g/mol. The van der Waals surface area contributed by atoms with Crippen LogP contribution in [0.15, 0.2) is 18.2 Å². The highest BCUT2D eigenvalue weighted by Crippen LogP contribution is 2.29. The lowest BCUT2D eigenvalue weighted by molar-refractivity contribution is 0.299. The first-order chi connectivity index (χ1) is 6.29. The highest BCUT2D eigenvalue weighted by Gasteiger charge is 2.24. The Labute approximate surface area is 77.5 Å². The summed E-state index contributed by atoms with van der Waals surface area (Å²) >= 11 is 0. The quantitative estimate of drug-likeness (QED) is 0.695. The van der Waals surface area contributed by atoms with E-state index in [4.69, 9.17) is 4.74 Å². The van der Waals surface area contributed by atoms with Crippen LogP contribution in [0.25, 0.3) is 0 Å². The van der Waals surface area contributed by atoms with E-state index in [0.29, 0.717) is 6.10 Å². The number of aryl methyl sites for hydroxylation is 1. The van der Waals surface area contributed by atoms with E-state index >= 15 is 0 Å². The molecule has 1 aromatic rings. The summed E-state index contributed by atoms with van der Waals surface area (Å²) in [6.07, 6.45) is 3.48. The Balaban J connectivity index is 2.21. The maximum atomic E-state index is 12.8. The lowest BCUT2D eigenvalue weighted by atomic mass is 10.1. The number of hydrogen-bond acceptors (Lipinski definition) is 1. The third-order valence-corrected chi connectivity index (χ3v) is 2.22. The fraction of sp³-hybridized carbons (Fsp3) is 0.455. The van der Waals surface area contributed by atoms with E-state index in [1.165, 1.54) is 6.07 Å². The van der Waals surface area contributed by atoms with Gasteiger partial charge < -0.3 is 4.74 Å². The average Bonchev–Trinajstić information content (AvgIpc) is 2.92. The summed E-state index contributed by atoms with van der Waals surface area (Å²) in [5.74, 6) is 0.673. The van der Waals surface area contributed by atoms with Crippen LogP contribution in [0.2, 0.25) is 0 Å². The zero-order valence-electron chi connectivity index (χ0n) is 7.72. The van der Waals surface area contributed by atoms with Crippen LogP contribution in [0.1, 0.15) is 25.3 Å². The van der Waals surface area contributed by atoms with E-state index in [0.717, 1.165) is 30.6 Å². The average molecular weight is 180 g/mol. The van der Waals surface area contributed by atoms with E-state index in [-0.39, 0.29) is 5.82 Å². The molecule has 0 atom stereocenters. The fourth-order valence-electron chi connectivity index (χ4n) is 1.30. The van der Waals surface area contributed by atoms with Crippen molar-refractivity contribution in [1.82, 2.24) is 0 Å². The van der Waals surface area contributed by atoms with Crippen molar-refractivity contribution in [2.45, 2.75) is 32.3 Å². The highest BCUT2D eigenvalue weighted by molar-refractivity contribution is 5.34. The van der Waals surface area contributed by atoms with Crippen LogP contribution in [-0.4, -0.2) is 6.10 Å². The predicted molar refractivity (Wildman–Crippen MR) is 49.4 cm³/mol. The molecule has 1 aromatic carbocycles. The zero-order chi connectivity index (χ0) is 9.26. The van der Waals surface area contributed by atoms with Crippen LogP contribution in [0, 0.1) is 5.82 Å². The Bertz CT molecular complexity index is 305. The standard InChI is InChI=1S/C11H13FO/c1-2-8-7-9(12)3-6-11(8)13-10-4-5-10/h3,6-7,10H,2,4-5H2,1H3. The first-order valence-electron chi connectivity index (χ1n) is 4.74. The third kappa shape index (κ3) is 2.00. The van der Waals surface area contributed by atoms with Gasteiger partial charge in [0.1, 0.15) is 11.6 Å². The third-order valence-electron chi connectivity index (χ3n) is 2.22. The van der Waals surface area contributed by atoms with E-state index < -0.39 is 0 Å². The maximum absolute atomic E-state index is 12.8. The number of rotatable bonds is 3. The van der Waals surface area contributed by atoms with Gasteiger partial charge in [-0.25, -0.2) is 4.39 Å². The molecule has 1 nitrogen and oxygen atoms in total. The van der Waals surface area contributed by atoms with Gasteiger partial charge in [0.05, 0.1) is 6.10 Å². The number of ether oxygens (including phenoxy) is 1. The van der Waals surface area contributed by atoms with Crippen molar-refractivity contribution >= 4 is 0 Å². The topological polar surface area (TPSA) is 9.23 Å². The fourth-order valence-corrected chi connectivity index (χ4v) is 1.30. The molecule has 0 bridgehead atoms. The Morgan fingerprint density at radius 1 is 1.46 bits per heavy atom. The second kappa shape index (κ2) is 3.36. The van der Waals surface area contributed by atoms with Crippen molar-refractivity contribution in [2.75, 3.05) is 0 Å². The van der Waals surface area contributed by atoms with Gasteiger partial charge in [-0.3, -0.25) is 0 Å². The van der Waals surface area contributed by atoms with Crippen LogP contribution in [-0.2, 0) is 6.42 Å². The molecule has 70 valence electrons. The summed E-state index contributed by atoms with van der Waals surface area (Å²) in [7, 11) is 0. The van der Waals surface area contributed by atoms with Gasteiger partial charge in [-0.05, 0) is 43.0 Å². The maximum Gasteiger partial charge on any atom is 0.123 e. The van der Waals surface area contributed by atoms with Crippen LogP contribution < -0.4 is 4.74 Å². The van der Waals surface area contributed by atoms with Gasteiger partial charge in [0.25, 0.3) is 0 Å². The molecule has 2 rings (SSSR count). The second-order valence-corrected chi connectivity index (χ2v) is 3.42. The first-order valence-corrected chi connectivity index (χ1v) is 4.74. The predicted octanol–water partition coefficient (Wildman–Crippen LogP) is 2.93. The monoisotopic (exact) mass is 180 g/mol. The molecule has 1 saturated carbocycles. The Kier molecular flexibility index (Phi) is 2.21. The Hall–Kier alpha value is -1.05. The second-order valence-electron chi connectivity index (χ2n) is 3.42. The molecule has 1 aliphatic rings. The molecule has 0 N–H and O–H groups in total. The van der Waals surface area contributed by atoms with Crippen molar-refractivity contribution in [3.8, 4) is 5.75 Å². The number of benzene rings is 1. The lowest BCUT2D eigenvalue weighted by Crippen LogP contribution is -1.99. The minimum absolute atomic E-state index is 0.181. The molecule has 0 aromatic heterocycles. The Morgan fingerprint density at radius 2 is 2.23 bits per heavy atom. The summed E-state index contributed by atoms with van der Waals surface area (Å²) < 4.78 is 18.5. The van der Waals surface area contributed by atoms with Crippen LogP contribution in [0.3, 0.4) is 0 Å². The van der Waals surface area contributed by atoms with Crippen molar-refractivity contribution in [1.29, 1.82) is 0 Å². The van der Waals surface area contributed by atoms with E-state index in [1.54, 1.807) is 12.1 Å². The SMILES string of the molecule is CCc1cc(F)ccc1OC1CC1. The van der Waals surface area contributed by atoms with Gasteiger partial charge in [0, 0.05) is 0 Å². The van der Waals surface area contributed by atoms with Crippen molar-refractivity contribution in [3.05, 3.63) is 29.6 Å². The molecule has 0 amide bonds. The molecule has 0 unspecified atom stereocenters. The summed E-state index contributed by atoms with van der Waals surface area (Å²) in [6.45, 7) is 2.01. The molecule has 1 fully saturated rings. The van der Waals surface area contributed by atoms with Crippen LogP contribution >= 0.6 is 0 Å². The summed E-state index contributed by atoms with van der Waals surface area (Å²) in [5.41, 5.74) is 0.965. The van der Waals surface area contributed by atoms with Crippen LogP contribution in [0.5, 0.6) is 5.75 Å². The summed E-state index contributed by atoms with van der Waals surface area (Å²) in [6, 6.07) is 4.74. The molecule has 2 heteroatoms. The molecule has 0 aliphatic heterocycles. The normalized spacial score (nSPS) is 15.8. The number of hydrogen-bond donors (Lipinski definition) is 0.